The minimum atomic E-state index is -0.560. The minimum Gasteiger partial charge on any atom is -0.393 e. The van der Waals surface area contributed by atoms with Gasteiger partial charge >= 0.3 is 5.69 Å². The van der Waals surface area contributed by atoms with Gasteiger partial charge < -0.3 is 9.84 Å². The van der Waals surface area contributed by atoms with E-state index in [1.807, 2.05) is 6.92 Å². The van der Waals surface area contributed by atoms with Gasteiger partial charge in [0.1, 0.15) is 6.10 Å². The molecule has 0 radical (unpaired) electrons. The highest BCUT2D eigenvalue weighted by Gasteiger charge is 2.26. The van der Waals surface area contributed by atoms with Crippen molar-refractivity contribution in [1.29, 1.82) is 0 Å². The molecule has 2 rings (SSSR count). The van der Waals surface area contributed by atoms with Gasteiger partial charge in [-0.3, -0.25) is 14.3 Å². The highest BCUT2D eigenvalue weighted by atomic mass is 16.5. The number of nitrogens with one attached hydrogen (secondary N) is 1. The smallest absolute Gasteiger partial charge is 0.330 e. The monoisotopic (exact) mass is 238 g/mol. The van der Waals surface area contributed by atoms with E-state index < -0.39 is 23.6 Å². The fourth-order valence-electron chi connectivity index (χ4n) is 1.83. The number of rotatable bonds is 2. The van der Waals surface area contributed by atoms with Crippen LogP contribution < -0.4 is 11.2 Å². The first kappa shape index (κ1) is 11.8. The van der Waals surface area contributed by atoms with Crippen LogP contribution in [0.2, 0.25) is 0 Å². The summed E-state index contributed by atoms with van der Waals surface area (Å²) in [6.07, 6.45) is 2.26. The molecule has 1 aliphatic rings. The molecule has 1 aromatic heterocycles. The summed E-state index contributed by atoms with van der Waals surface area (Å²) < 4.78 is 6.80. The zero-order valence-electron chi connectivity index (χ0n) is 9.64. The standard InChI is InChI=1S/C11H14N2O4/c1-6-3-8(5-14)17-10(6)13-4-7(2)9(15)12-11(13)16/h3-4,8,10,14H,5H2,1-2H3,(H,12,15,16)/t8-,10+/m0/s1. The van der Waals surface area contributed by atoms with E-state index in [-0.39, 0.29) is 6.61 Å². The molecule has 17 heavy (non-hydrogen) atoms. The Morgan fingerprint density at radius 2 is 2.18 bits per heavy atom. The maximum atomic E-state index is 11.7. The van der Waals surface area contributed by atoms with Crippen LogP contribution in [0, 0.1) is 6.92 Å². The van der Waals surface area contributed by atoms with Crippen LogP contribution in [0.1, 0.15) is 18.7 Å². The van der Waals surface area contributed by atoms with E-state index in [0.29, 0.717) is 5.56 Å². The van der Waals surface area contributed by atoms with Crippen molar-refractivity contribution in [1.82, 2.24) is 9.55 Å². The first-order valence-electron chi connectivity index (χ1n) is 5.29. The summed E-state index contributed by atoms with van der Waals surface area (Å²) >= 11 is 0. The average Bonchev–Trinajstić information content (AvgIpc) is 2.65. The second kappa shape index (κ2) is 4.31. The maximum Gasteiger partial charge on any atom is 0.330 e. The molecule has 6 nitrogen and oxygen atoms in total. The van der Waals surface area contributed by atoms with E-state index in [1.165, 1.54) is 10.8 Å². The zero-order chi connectivity index (χ0) is 12.6. The fraction of sp³-hybridized carbons (Fsp3) is 0.455. The van der Waals surface area contributed by atoms with Gasteiger partial charge in [0.15, 0.2) is 6.23 Å². The third-order valence-electron chi connectivity index (χ3n) is 2.72. The van der Waals surface area contributed by atoms with Gasteiger partial charge in [-0.25, -0.2) is 4.79 Å². The SMILES string of the molecule is CC1=C[C@@H](CO)O[C@H]1n1cc(C)c(=O)[nH]c1=O. The van der Waals surface area contributed by atoms with Gasteiger partial charge in [-0.05, 0) is 19.4 Å². The van der Waals surface area contributed by atoms with Crippen molar-refractivity contribution in [3.63, 3.8) is 0 Å². The Kier molecular flexibility index (Phi) is 2.99. The summed E-state index contributed by atoms with van der Waals surface area (Å²) in [5.41, 5.74) is 0.354. The van der Waals surface area contributed by atoms with Crippen molar-refractivity contribution in [2.45, 2.75) is 26.2 Å². The lowest BCUT2D eigenvalue weighted by Gasteiger charge is -2.17. The lowest BCUT2D eigenvalue weighted by molar-refractivity contribution is -0.0144. The number of aliphatic hydroxyl groups excluding tert-OH is 1. The molecule has 0 amide bonds. The highest BCUT2D eigenvalue weighted by Crippen LogP contribution is 2.26. The summed E-state index contributed by atoms with van der Waals surface area (Å²) in [6, 6.07) is 0. The quantitative estimate of drug-likeness (QED) is 0.692. The predicted molar refractivity (Wildman–Crippen MR) is 60.8 cm³/mol. The van der Waals surface area contributed by atoms with Gasteiger partial charge in [-0.1, -0.05) is 6.08 Å². The molecule has 0 aliphatic carbocycles. The second-order valence-corrected chi connectivity index (χ2v) is 4.10. The first-order valence-corrected chi connectivity index (χ1v) is 5.29. The number of ether oxygens (including phenoxy) is 1. The number of aliphatic hydroxyl groups is 1. The van der Waals surface area contributed by atoms with E-state index in [2.05, 4.69) is 4.98 Å². The Labute approximate surface area is 97.2 Å². The van der Waals surface area contributed by atoms with Crippen LogP contribution in [0.3, 0.4) is 0 Å². The van der Waals surface area contributed by atoms with Crippen LogP contribution in [0.15, 0.2) is 27.4 Å². The van der Waals surface area contributed by atoms with Crippen molar-refractivity contribution in [3.8, 4) is 0 Å². The molecule has 0 aromatic carbocycles. The number of hydrogen-bond donors (Lipinski definition) is 2. The molecule has 0 bridgehead atoms. The number of aromatic amines is 1. The highest BCUT2D eigenvalue weighted by molar-refractivity contribution is 5.14. The van der Waals surface area contributed by atoms with Crippen molar-refractivity contribution >= 4 is 0 Å². The molecule has 92 valence electrons. The molecule has 1 aromatic rings. The molecule has 1 aliphatic heterocycles. The van der Waals surface area contributed by atoms with Gasteiger partial charge in [0.25, 0.3) is 5.56 Å². The zero-order valence-corrected chi connectivity index (χ0v) is 9.64. The predicted octanol–water partition coefficient (Wildman–Crippen LogP) is -0.319. The Bertz CT molecular complexity index is 570. The molecular formula is C11H14N2O4. The Balaban J connectivity index is 2.43. The van der Waals surface area contributed by atoms with E-state index in [1.54, 1.807) is 13.0 Å². The molecule has 0 spiro atoms. The lowest BCUT2D eigenvalue weighted by Crippen LogP contribution is -2.34. The normalized spacial score (nSPS) is 23.8. The molecule has 6 heteroatoms. The fourth-order valence-corrected chi connectivity index (χ4v) is 1.83. The summed E-state index contributed by atoms with van der Waals surface area (Å²) in [6.45, 7) is 3.30. The van der Waals surface area contributed by atoms with E-state index in [0.717, 1.165) is 5.57 Å². The van der Waals surface area contributed by atoms with Crippen molar-refractivity contribution < 1.29 is 9.84 Å². The van der Waals surface area contributed by atoms with E-state index >= 15 is 0 Å². The first-order chi connectivity index (χ1) is 8.02. The summed E-state index contributed by atoms with van der Waals surface area (Å²) in [4.78, 5) is 25.1. The molecule has 2 heterocycles. The van der Waals surface area contributed by atoms with Crippen molar-refractivity contribution in [2.24, 2.45) is 0 Å². The third-order valence-corrected chi connectivity index (χ3v) is 2.72. The Morgan fingerprint density at radius 3 is 2.76 bits per heavy atom. The number of aromatic nitrogens is 2. The largest absolute Gasteiger partial charge is 0.393 e. The number of hydrogen-bond acceptors (Lipinski definition) is 4. The molecule has 2 N–H and O–H groups in total. The van der Waals surface area contributed by atoms with E-state index in [9.17, 15) is 9.59 Å². The topological polar surface area (TPSA) is 84.3 Å². The van der Waals surface area contributed by atoms with Crippen molar-refractivity contribution in [2.75, 3.05) is 6.61 Å². The Morgan fingerprint density at radius 1 is 1.47 bits per heavy atom. The second-order valence-electron chi connectivity index (χ2n) is 4.10. The van der Waals surface area contributed by atoms with Crippen molar-refractivity contribution in [3.05, 3.63) is 44.2 Å². The molecule has 0 fully saturated rings. The van der Waals surface area contributed by atoms with Crippen LogP contribution in [-0.4, -0.2) is 27.4 Å². The molecule has 0 unspecified atom stereocenters. The van der Waals surface area contributed by atoms with Gasteiger partial charge in [0.2, 0.25) is 0 Å². The van der Waals surface area contributed by atoms with Crippen LogP contribution in [0.5, 0.6) is 0 Å². The number of H-pyrrole nitrogens is 1. The van der Waals surface area contributed by atoms with Crippen LogP contribution in [-0.2, 0) is 4.74 Å². The summed E-state index contributed by atoms with van der Waals surface area (Å²) in [5.74, 6) is 0. The van der Waals surface area contributed by atoms with Crippen LogP contribution in [0.4, 0.5) is 0 Å². The van der Waals surface area contributed by atoms with Gasteiger partial charge in [-0.2, -0.15) is 0 Å². The molecule has 2 atom stereocenters. The average molecular weight is 238 g/mol. The third kappa shape index (κ3) is 2.09. The molecular weight excluding hydrogens is 224 g/mol. The lowest BCUT2D eigenvalue weighted by atomic mass is 10.2. The Hall–Kier alpha value is -1.66. The van der Waals surface area contributed by atoms with Gasteiger partial charge in [0.05, 0.1) is 6.61 Å². The number of aryl methyl sites for hydroxylation is 1. The van der Waals surface area contributed by atoms with E-state index in [4.69, 9.17) is 9.84 Å². The minimum absolute atomic E-state index is 0.134. The number of nitrogens with zero attached hydrogens (tertiary/aromatic N) is 1. The van der Waals surface area contributed by atoms with Gasteiger partial charge in [0, 0.05) is 11.8 Å². The molecule has 0 saturated carbocycles. The van der Waals surface area contributed by atoms with Gasteiger partial charge in [-0.15, -0.1) is 0 Å². The molecule has 0 saturated heterocycles. The summed E-state index contributed by atoms with van der Waals surface area (Å²) in [7, 11) is 0. The maximum absolute atomic E-state index is 11.7. The summed E-state index contributed by atoms with van der Waals surface area (Å²) in [5, 5.41) is 9.00. The van der Waals surface area contributed by atoms with Crippen LogP contribution in [0.25, 0.3) is 0 Å². The van der Waals surface area contributed by atoms with Crippen LogP contribution >= 0.6 is 0 Å².